The summed E-state index contributed by atoms with van der Waals surface area (Å²) in [7, 11) is -1.67. The zero-order chi connectivity index (χ0) is 22.8. The number of hydrogen-bond acceptors (Lipinski definition) is 5. The number of aromatic nitrogens is 3. The average molecular weight is 456 g/mol. The maximum absolute atomic E-state index is 13.8. The van der Waals surface area contributed by atoms with Crippen LogP contribution in [0, 0.1) is 5.82 Å². The predicted molar refractivity (Wildman–Crippen MR) is 128 cm³/mol. The molecule has 0 saturated carbocycles. The Morgan fingerprint density at radius 3 is 2.45 bits per heavy atom. The molecule has 1 unspecified atom stereocenters. The second-order valence-electron chi connectivity index (χ2n) is 7.33. The first kappa shape index (κ1) is 20.9. The zero-order valence-corrected chi connectivity index (χ0v) is 18.1. The Morgan fingerprint density at radius 1 is 0.848 bits per heavy atom. The summed E-state index contributed by atoms with van der Waals surface area (Å²) in [5.41, 5.74) is 3.72. The zero-order valence-electron chi connectivity index (χ0n) is 17.3. The number of hydrogen-bond donors (Lipinski definition) is 2. The van der Waals surface area contributed by atoms with Crippen molar-refractivity contribution in [3.63, 3.8) is 0 Å². The van der Waals surface area contributed by atoms with Crippen LogP contribution in [-0.4, -0.2) is 19.4 Å². The van der Waals surface area contributed by atoms with Crippen LogP contribution in [0.15, 0.2) is 96.2 Å². The van der Waals surface area contributed by atoms with Gasteiger partial charge in [-0.25, -0.2) is 13.7 Å². The van der Waals surface area contributed by atoms with E-state index in [0.29, 0.717) is 27.7 Å². The van der Waals surface area contributed by atoms with Gasteiger partial charge < -0.3 is 5.32 Å². The van der Waals surface area contributed by atoms with Crippen molar-refractivity contribution in [3.8, 4) is 22.4 Å². The molecular formula is C25H18FN5OS. The largest absolute Gasteiger partial charge is 0.338 e. The van der Waals surface area contributed by atoms with Crippen LogP contribution in [0.5, 0.6) is 0 Å². The molecule has 33 heavy (non-hydrogen) atoms. The topological polar surface area (TPSA) is 93.8 Å². The maximum Gasteiger partial charge on any atom is 0.161 e. The van der Waals surface area contributed by atoms with Gasteiger partial charge in [0.05, 0.1) is 4.90 Å². The second kappa shape index (κ2) is 8.85. The highest BCUT2D eigenvalue weighted by Gasteiger charge is 2.17. The fraction of sp³-hybridized carbons (Fsp3) is 0. The van der Waals surface area contributed by atoms with E-state index in [2.05, 4.69) is 20.5 Å². The molecular weight excluding hydrogens is 437 g/mol. The summed E-state index contributed by atoms with van der Waals surface area (Å²) in [6, 6.07) is 23.7. The molecule has 2 aromatic heterocycles. The normalized spacial score (nSPS) is 11.9. The van der Waals surface area contributed by atoms with E-state index in [1.165, 1.54) is 18.3 Å². The smallest absolute Gasteiger partial charge is 0.161 e. The summed E-state index contributed by atoms with van der Waals surface area (Å²) in [5, 5.41) is 19.3. The molecule has 0 aliphatic rings. The first-order valence-corrected chi connectivity index (χ1v) is 11.3. The third-order valence-electron chi connectivity index (χ3n) is 5.20. The summed E-state index contributed by atoms with van der Waals surface area (Å²) in [4.78, 5) is 4.56. The van der Waals surface area contributed by atoms with Gasteiger partial charge in [-0.05, 0) is 35.4 Å². The minimum absolute atomic E-state index is 0.352. The summed E-state index contributed by atoms with van der Waals surface area (Å²) < 4.78 is 25.6. The lowest BCUT2D eigenvalue weighted by atomic mass is 9.96. The number of nitrogens with one attached hydrogen (secondary N) is 1. The van der Waals surface area contributed by atoms with Gasteiger partial charge in [0.15, 0.2) is 5.82 Å². The predicted octanol–water partition coefficient (Wildman–Crippen LogP) is 5.22. The quantitative estimate of drug-likeness (QED) is 0.379. The van der Waals surface area contributed by atoms with E-state index in [0.717, 1.165) is 21.9 Å². The van der Waals surface area contributed by atoms with Crippen LogP contribution in [0.4, 0.5) is 15.9 Å². The molecule has 5 aromatic rings. The Balaban J connectivity index is 1.77. The molecule has 2 heterocycles. The monoisotopic (exact) mass is 455 g/mol. The molecule has 8 heteroatoms. The van der Waals surface area contributed by atoms with Crippen molar-refractivity contribution in [3.05, 3.63) is 97.1 Å². The van der Waals surface area contributed by atoms with Crippen LogP contribution in [0.1, 0.15) is 0 Å². The second-order valence-corrected chi connectivity index (χ2v) is 8.40. The minimum Gasteiger partial charge on any atom is -0.338 e. The highest BCUT2D eigenvalue weighted by molar-refractivity contribution is 7.82. The van der Waals surface area contributed by atoms with Crippen molar-refractivity contribution in [1.82, 2.24) is 15.2 Å². The van der Waals surface area contributed by atoms with Gasteiger partial charge in [-0.2, -0.15) is 0 Å². The summed E-state index contributed by atoms with van der Waals surface area (Å²) >= 11 is 0. The average Bonchev–Trinajstić information content (AvgIpc) is 2.84. The van der Waals surface area contributed by atoms with Crippen molar-refractivity contribution in [1.29, 1.82) is 0 Å². The molecule has 0 saturated heterocycles. The third kappa shape index (κ3) is 4.21. The van der Waals surface area contributed by atoms with E-state index < -0.39 is 11.0 Å². The first-order chi connectivity index (χ1) is 16.1. The number of nitrogens with two attached hydrogens (primary N) is 1. The number of anilines is 2. The third-order valence-corrected chi connectivity index (χ3v) is 5.89. The number of fused-ring (bicyclic) bond motifs is 1. The van der Waals surface area contributed by atoms with E-state index in [1.807, 2.05) is 48.5 Å². The first-order valence-electron chi connectivity index (χ1n) is 10.1. The van der Waals surface area contributed by atoms with Crippen LogP contribution in [0.2, 0.25) is 0 Å². The summed E-state index contributed by atoms with van der Waals surface area (Å²) in [6.45, 7) is 0. The Hall–Kier alpha value is -4.01. The summed E-state index contributed by atoms with van der Waals surface area (Å²) in [5.74, 6) is 0.139. The van der Waals surface area contributed by atoms with Gasteiger partial charge in [-0.1, -0.05) is 54.6 Å². The van der Waals surface area contributed by atoms with Gasteiger partial charge in [0.1, 0.15) is 22.5 Å². The number of pyridine rings is 1. The number of halogens is 1. The van der Waals surface area contributed by atoms with Crippen LogP contribution in [0.3, 0.4) is 0 Å². The minimum atomic E-state index is -1.67. The lowest BCUT2D eigenvalue weighted by Gasteiger charge is -2.15. The SMILES string of the molecule is NS(=O)c1cncc(-c2nnc(Nc3cccc(F)c3)c3c(-c4ccccc4)cccc23)c1. The van der Waals surface area contributed by atoms with E-state index in [-0.39, 0.29) is 5.82 Å². The lowest BCUT2D eigenvalue weighted by Crippen LogP contribution is -2.04. The molecule has 1 atom stereocenters. The molecule has 3 N–H and O–H groups in total. The van der Waals surface area contributed by atoms with Crippen LogP contribution >= 0.6 is 0 Å². The molecule has 0 amide bonds. The van der Waals surface area contributed by atoms with E-state index in [9.17, 15) is 8.60 Å². The number of nitrogens with zero attached hydrogens (tertiary/aromatic N) is 3. The highest BCUT2D eigenvalue weighted by Crippen LogP contribution is 2.38. The van der Waals surface area contributed by atoms with Crippen LogP contribution in [0.25, 0.3) is 33.2 Å². The molecule has 3 aromatic carbocycles. The van der Waals surface area contributed by atoms with Gasteiger partial charge >= 0.3 is 0 Å². The van der Waals surface area contributed by atoms with Gasteiger partial charge in [-0.3, -0.25) is 4.98 Å². The lowest BCUT2D eigenvalue weighted by molar-refractivity contribution is 0.628. The van der Waals surface area contributed by atoms with Crippen molar-refractivity contribution in [2.45, 2.75) is 4.90 Å². The Kier molecular flexibility index (Phi) is 5.60. The van der Waals surface area contributed by atoms with Crippen molar-refractivity contribution >= 4 is 33.3 Å². The van der Waals surface area contributed by atoms with Crippen molar-refractivity contribution < 1.29 is 8.60 Å². The van der Waals surface area contributed by atoms with Gasteiger partial charge in [0, 0.05) is 34.4 Å². The molecule has 0 radical (unpaired) electrons. The van der Waals surface area contributed by atoms with Crippen LogP contribution in [-0.2, 0) is 11.0 Å². The molecule has 0 bridgehead atoms. The molecule has 0 aliphatic carbocycles. The van der Waals surface area contributed by atoms with E-state index >= 15 is 0 Å². The molecule has 0 aliphatic heterocycles. The molecule has 0 spiro atoms. The number of benzene rings is 3. The summed E-state index contributed by atoms with van der Waals surface area (Å²) in [6.07, 6.45) is 3.10. The standard InChI is InChI=1S/C25H18FN5OS/c26-18-8-4-9-19(13-18)29-25-23-21(16-6-2-1-3-7-16)10-5-11-22(23)24(30-31-25)17-12-20(33(27)32)15-28-14-17/h1-15H,27H2,(H,29,31). The Morgan fingerprint density at radius 2 is 1.67 bits per heavy atom. The Labute approximate surface area is 191 Å². The van der Waals surface area contributed by atoms with Crippen LogP contribution < -0.4 is 10.5 Å². The van der Waals surface area contributed by atoms with E-state index in [1.54, 1.807) is 24.4 Å². The van der Waals surface area contributed by atoms with Crippen molar-refractivity contribution in [2.75, 3.05) is 5.32 Å². The fourth-order valence-electron chi connectivity index (χ4n) is 3.73. The van der Waals surface area contributed by atoms with Gasteiger partial charge in [0.2, 0.25) is 0 Å². The van der Waals surface area contributed by atoms with Gasteiger partial charge in [0.25, 0.3) is 0 Å². The van der Waals surface area contributed by atoms with Gasteiger partial charge in [-0.15, -0.1) is 10.2 Å². The molecule has 162 valence electrons. The molecule has 0 fully saturated rings. The Bertz CT molecular complexity index is 1490. The number of rotatable bonds is 5. The molecule has 5 rings (SSSR count). The van der Waals surface area contributed by atoms with E-state index in [4.69, 9.17) is 5.14 Å². The fourth-order valence-corrected chi connectivity index (χ4v) is 4.14. The highest BCUT2D eigenvalue weighted by atomic mass is 32.2. The maximum atomic E-state index is 13.8. The molecule has 6 nitrogen and oxygen atoms in total. The van der Waals surface area contributed by atoms with Crippen molar-refractivity contribution in [2.24, 2.45) is 5.14 Å².